The van der Waals surface area contributed by atoms with Crippen LogP contribution in [0.2, 0.25) is 0 Å². The maximum atomic E-state index is 13.0. The summed E-state index contributed by atoms with van der Waals surface area (Å²) in [4.78, 5) is 22.3. The fraction of sp³-hybridized carbons (Fsp3) is 0.440. The van der Waals surface area contributed by atoms with Crippen LogP contribution in [0, 0.1) is 13.8 Å². The highest BCUT2D eigenvalue weighted by Gasteiger charge is 2.35. The molecule has 162 valence electrons. The van der Waals surface area contributed by atoms with Gasteiger partial charge < -0.3 is 14.2 Å². The Balaban J connectivity index is 1.42. The SMILES string of the molecule is Cc1ccc(N2CC(c3nc4ccccc4n3CCN3CCOCC3)CC2=O)cc1C. The molecule has 3 heterocycles. The van der Waals surface area contributed by atoms with Crippen LogP contribution >= 0.6 is 0 Å². The van der Waals surface area contributed by atoms with Gasteiger partial charge in [0.05, 0.1) is 24.2 Å². The molecule has 2 saturated heterocycles. The van der Waals surface area contributed by atoms with Gasteiger partial charge in [-0.05, 0) is 49.2 Å². The normalized spacial score (nSPS) is 20.1. The lowest BCUT2D eigenvalue weighted by molar-refractivity contribution is -0.117. The van der Waals surface area contributed by atoms with E-state index in [1.807, 2.05) is 11.0 Å². The predicted octanol–water partition coefficient (Wildman–Crippen LogP) is 3.51. The molecule has 1 atom stereocenters. The van der Waals surface area contributed by atoms with E-state index >= 15 is 0 Å². The van der Waals surface area contributed by atoms with E-state index in [1.54, 1.807) is 0 Å². The highest BCUT2D eigenvalue weighted by Crippen LogP contribution is 2.33. The van der Waals surface area contributed by atoms with Gasteiger partial charge in [-0.2, -0.15) is 0 Å². The summed E-state index contributed by atoms with van der Waals surface area (Å²) in [5.74, 6) is 1.32. The average molecular weight is 419 g/mol. The molecular formula is C25H30N4O2. The van der Waals surface area contributed by atoms with Gasteiger partial charge in [0.1, 0.15) is 5.82 Å². The highest BCUT2D eigenvalue weighted by molar-refractivity contribution is 5.96. The molecule has 31 heavy (non-hydrogen) atoms. The number of aryl methyl sites for hydroxylation is 2. The van der Waals surface area contributed by atoms with Gasteiger partial charge in [-0.3, -0.25) is 9.69 Å². The first-order valence-electron chi connectivity index (χ1n) is 11.2. The Hall–Kier alpha value is -2.70. The quantitative estimate of drug-likeness (QED) is 0.636. The molecule has 1 amide bonds. The van der Waals surface area contributed by atoms with E-state index in [1.165, 1.54) is 11.1 Å². The number of benzene rings is 2. The third-order valence-corrected chi connectivity index (χ3v) is 6.72. The van der Waals surface area contributed by atoms with E-state index in [-0.39, 0.29) is 11.8 Å². The standard InChI is InChI=1S/C25H30N4O2/c1-18-7-8-21(15-19(18)2)29-17-20(16-24(29)30)25-26-22-5-3-4-6-23(22)28(25)10-9-27-11-13-31-14-12-27/h3-8,15,20H,9-14,16-17H2,1-2H3. The lowest BCUT2D eigenvalue weighted by atomic mass is 10.1. The fourth-order valence-corrected chi connectivity index (χ4v) is 4.73. The van der Waals surface area contributed by atoms with E-state index in [9.17, 15) is 4.79 Å². The van der Waals surface area contributed by atoms with Crippen LogP contribution in [-0.2, 0) is 16.1 Å². The van der Waals surface area contributed by atoms with E-state index in [0.29, 0.717) is 13.0 Å². The topological polar surface area (TPSA) is 50.6 Å². The highest BCUT2D eigenvalue weighted by atomic mass is 16.5. The molecule has 6 nitrogen and oxygen atoms in total. The fourth-order valence-electron chi connectivity index (χ4n) is 4.73. The molecule has 2 aromatic carbocycles. The molecule has 5 rings (SSSR count). The summed E-state index contributed by atoms with van der Waals surface area (Å²) >= 11 is 0. The molecule has 3 aromatic rings. The molecule has 1 unspecified atom stereocenters. The van der Waals surface area contributed by atoms with Gasteiger partial charge in [0.15, 0.2) is 0 Å². The number of ether oxygens (including phenoxy) is 1. The summed E-state index contributed by atoms with van der Waals surface area (Å²) in [5, 5.41) is 0. The lowest BCUT2D eigenvalue weighted by Gasteiger charge is -2.27. The van der Waals surface area contributed by atoms with Gasteiger partial charge in [0, 0.05) is 50.7 Å². The molecule has 6 heteroatoms. The number of amides is 1. The summed E-state index contributed by atoms with van der Waals surface area (Å²) in [6.45, 7) is 10.3. The third kappa shape index (κ3) is 3.98. The predicted molar refractivity (Wildman–Crippen MR) is 123 cm³/mol. The second kappa shape index (κ2) is 8.44. The Bertz CT molecular complexity index is 1100. The number of imidazole rings is 1. The molecule has 2 aliphatic rings. The number of carbonyl (C=O) groups is 1. The van der Waals surface area contributed by atoms with Crippen molar-refractivity contribution >= 4 is 22.6 Å². The van der Waals surface area contributed by atoms with Crippen molar-refractivity contribution in [1.82, 2.24) is 14.5 Å². The van der Waals surface area contributed by atoms with Crippen LogP contribution in [0.25, 0.3) is 11.0 Å². The number of morpholine rings is 1. The molecule has 0 radical (unpaired) electrons. The minimum atomic E-state index is 0.103. The second-order valence-electron chi connectivity index (χ2n) is 8.74. The van der Waals surface area contributed by atoms with Gasteiger partial charge >= 0.3 is 0 Å². The Morgan fingerprint density at radius 2 is 1.84 bits per heavy atom. The number of para-hydroxylation sites is 2. The number of hydrogen-bond acceptors (Lipinski definition) is 4. The van der Waals surface area contributed by atoms with Crippen LogP contribution in [0.4, 0.5) is 5.69 Å². The number of aromatic nitrogens is 2. The first-order chi connectivity index (χ1) is 15.1. The van der Waals surface area contributed by atoms with Crippen LogP contribution < -0.4 is 4.90 Å². The minimum absolute atomic E-state index is 0.103. The van der Waals surface area contributed by atoms with E-state index in [2.05, 4.69) is 59.7 Å². The molecule has 0 N–H and O–H groups in total. The number of fused-ring (bicyclic) bond motifs is 1. The first-order valence-corrected chi connectivity index (χ1v) is 11.2. The minimum Gasteiger partial charge on any atom is -0.379 e. The van der Waals surface area contributed by atoms with Crippen molar-refractivity contribution < 1.29 is 9.53 Å². The smallest absolute Gasteiger partial charge is 0.227 e. The van der Waals surface area contributed by atoms with Gasteiger partial charge in [0.2, 0.25) is 5.91 Å². The summed E-state index contributed by atoms with van der Waals surface area (Å²) in [6, 6.07) is 14.6. The van der Waals surface area contributed by atoms with Crippen molar-refractivity contribution in [2.24, 2.45) is 0 Å². The van der Waals surface area contributed by atoms with Crippen molar-refractivity contribution in [3.8, 4) is 0 Å². The largest absolute Gasteiger partial charge is 0.379 e. The van der Waals surface area contributed by atoms with Gasteiger partial charge in [-0.15, -0.1) is 0 Å². The van der Waals surface area contributed by atoms with Crippen molar-refractivity contribution in [3.63, 3.8) is 0 Å². The zero-order valence-corrected chi connectivity index (χ0v) is 18.4. The van der Waals surface area contributed by atoms with Crippen molar-refractivity contribution in [3.05, 3.63) is 59.4 Å². The summed E-state index contributed by atoms with van der Waals surface area (Å²) in [6.07, 6.45) is 0.508. The van der Waals surface area contributed by atoms with Crippen LogP contribution in [0.5, 0.6) is 0 Å². The van der Waals surface area contributed by atoms with Crippen LogP contribution in [0.1, 0.15) is 29.3 Å². The molecule has 0 aliphatic carbocycles. The number of nitrogens with zero attached hydrogens (tertiary/aromatic N) is 4. The summed E-state index contributed by atoms with van der Waals surface area (Å²) < 4.78 is 7.83. The number of anilines is 1. The molecule has 2 fully saturated rings. The summed E-state index contributed by atoms with van der Waals surface area (Å²) in [5.41, 5.74) is 5.62. The van der Waals surface area contributed by atoms with Crippen molar-refractivity contribution in [2.45, 2.75) is 32.7 Å². The maximum Gasteiger partial charge on any atom is 0.227 e. The van der Waals surface area contributed by atoms with Gasteiger partial charge in [-0.25, -0.2) is 4.98 Å². The lowest BCUT2D eigenvalue weighted by Crippen LogP contribution is -2.38. The number of rotatable bonds is 5. The third-order valence-electron chi connectivity index (χ3n) is 6.72. The molecule has 0 saturated carbocycles. The van der Waals surface area contributed by atoms with Crippen LogP contribution in [0.15, 0.2) is 42.5 Å². The van der Waals surface area contributed by atoms with Crippen molar-refractivity contribution in [1.29, 1.82) is 0 Å². The van der Waals surface area contributed by atoms with Crippen LogP contribution in [-0.4, -0.2) is 59.8 Å². The number of hydrogen-bond donors (Lipinski definition) is 0. The van der Waals surface area contributed by atoms with Gasteiger partial charge in [-0.1, -0.05) is 18.2 Å². The van der Waals surface area contributed by atoms with Crippen molar-refractivity contribution in [2.75, 3.05) is 44.3 Å². The Kier molecular flexibility index (Phi) is 5.50. The maximum absolute atomic E-state index is 13.0. The molecule has 0 bridgehead atoms. The molecule has 2 aliphatic heterocycles. The summed E-state index contributed by atoms with van der Waals surface area (Å²) in [7, 11) is 0. The first kappa shape index (κ1) is 20.2. The zero-order valence-electron chi connectivity index (χ0n) is 18.4. The second-order valence-corrected chi connectivity index (χ2v) is 8.74. The van der Waals surface area contributed by atoms with E-state index in [0.717, 1.165) is 61.9 Å². The van der Waals surface area contributed by atoms with Gasteiger partial charge in [0.25, 0.3) is 0 Å². The Labute approximate surface area is 183 Å². The molecule has 0 spiro atoms. The Morgan fingerprint density at radius 3 is 2.65 bits per heavy atom. The molecular weight excluding hydrogens is 388 g/mol. The Morgan fingerprint density at radius 1 is 1.03 bits per heavy atom. The zero-order chi connectivity index (χ0) is 21.4. The monoisotopic (exact) mass is 418 g/mol. The van der Waals surface area contributed by atoms with E-state index in [4.69, 9.17) is 9.72 Å². The number of carbonyl (C=O) groups excluding carboxylic acids is 1. The van der Waals surface area contributed by atoms with Crippen LogP contribution in [0.3, 0.4) is 0 Å². The molecule has 1 aromatic heterocycles. The van der Waals surface area contributed by atoms with E-state index < -0.39 is 0 Å². The average Bonchev–Trinajstić information content (AvgIpc) is 3.35.